The summed E-state index contributed by atoms with van der Waals surface area (Å²) in [6, 6.07) is 14.7. The summed E-state index contributed by atoms with van der Waals surface area (Å²) in [4.78, 5) is 2.47. The van der Waals surface area contributed by atoms with Gasteiger partial charge in [0, 0.05) is 29.7 Å². The van der Waals surface area contributed by atoms with E-state index in [1.54, 1.807) is 0 Å². The molecule has 29 heavy (non-hydrogen) atoms. The quantitative estimate of drug-likeness (QED) is 0.486. The fraction of sp³-hybridized carbons (Fsp3) is 0.455. The van der Waals surface area contributed by atoms with Crippen molar-refractivity contribution >= 4 is 40.7 Å². The van der Waals surface area contributed by atoms with E-state index in [4.69, 9.17) is 9.47 Å². The molecule has 2 aromatic carbocycles. The van der Waals surface area contributed by atoms with Gasteiger partial charge in [-0.2, -0.15) is 0 Å². The van der Waals surface area contributed by atoms with E-state index in [1.807, 2.05) is 12.1 Å². The van der Waals surface area contributed by atoms with Gasteiger partial charge in [-0.3, -0.25) is 4.90 Å². The lowest BCUT2D eigenvalue weighted by Gasteiger charge is -2.26. The van der Waals surface area contributed by atoms with E-state index in [0.29, 0.717) is 6.61 Å². The number of aryl methyl sites for hydroxylation is 1. The molecule has 1 aliphatic rings. The number of rotatable bonds is 9. The number of nitrogens with zero attached hydrogens (tertiary/aromatic N) is 1. The number of benzene rings is 2. The molecular formula is C22H31BrCl2N2O2. The molecule has 0 bridgehead atoms. The summed E-state index contributed by atoms with van der Waals surface area (Å²) >= 11 is 3.57. The third-order valence-electron chi connectivity index (χ3n) is 4.78. The summed E-state index contributed by atoms with van der Waals surface area (Å²) in [7, 11) is 0. The molecule has 1 fully saturated rings. The van der Waals surface area contributed by atoms with E-state index >= 15 is 0 Å². The number of morpholine rings is 1. The van der Waals surface area contributed by atoms with Crippen molar-refractivity contribution in [3.8, 4) is 5.75 Å². The molecule has 0 atom stereocenters. The maximum atomic E-state index is 6.09. The van der Waals surface area contributed by atoms with E-state index in [2.05, 4.69) is 63.4 Å². The molecule has 1 heterocycles. The van der Waals surface area contributed by atoms with Crippen LogP contribution in [0.25, 0.3) is 0 Å². The normalized spacial score (nSPS) is 14.0. The summed E-state index contributed by atoms with van der Waals surface area (Å²) in [5, 5.41) is 3.56. The van der Waals surface area contributed by atoms with Gasteiger partial charge in [0.15, 0.2) is 0 Å². The largest absolute Gasteiger partial charge is 0.489 e. The minimum atomic E-state index is 0. The molecule has 0 radical (unpaired) electrons. The van der Waals surface area contributed by atoms with Crippen molar-refractivity contribution in [1.29, 1.82) is 0 Å². The van der Waals surface area contributed by atoms with Gasteiger partial charge in [-0.25, -0.2) is 0 Å². The van der Waals surface area contributed by atoms with E-state index < -0.39 is 0 Å². The zero-order valence-electron chi connectivity index (χ0n) is 16.9. The molecule has 0 aliphatic carbocycles. The van der Waals surface area contributed by atoms with Crippen molar-refractivity contribution in [2.75, 3.05) is 39.4 Å². The molecule has 162 valence electrons. The lowest BCUT2D eigenvalue weighted by atomic mass is 10.1. The first-order valence-corrected chi connectivity index (χ1v) is 10.5. The van der Waals surface area contributed by atoms with Crippen LogP contribution in [0, 0.1) is 6.92 Å². The maximum absolute atomic E-state index is 6.09. The van der Waals surface area contributed by atoms with E-state index in [0.717, 1.165) is 62.6 Å². The number of ether oxygens (including phenoxy) is 2. The number of hydrogen-bond acceptors (Lipinski definition) is 4. The molecule has 4 nitrogen and oxygen atoms in total. The molecule has 7 heteroatoms. The Morgan fingerprint density at radius 2 is 1.79 bits per heavy atom. The van der Waals surface area contributed by atoms with Crippen LogP contribution in [-0.4, -0.2) is 44.3 Å². The molecule has 1 aliphatic heterocycles. The molecule has 0 saturated carbocycles. The summed E-state index contributed by atoms with van der Waals surface area (Å²) in [6.45, 7) is 9.48. The molecule has 0 aromatic heterocycles. The Morgan fingerprint density at radius 3 is 2.52 bits per heavy atom. The second kappa shape index (κ2) is 14.2. The third kappa shape index (κ3) is 9.24. The molecular weight excluding hydrogens is 475 g/mol. The molecule has 0 spiro atoms. The van der Waals surface area contributed by atoms with Gasteiger partial charge in [0.1, 0.15) is 12.4 Å². The van der Waals surface area contributed by atoms with E-state index in [9.17, 15) is 0 Å². The minimum Gasteiger partial charge on any atom is -0.489 e. The van der Waals surface area contributed by atoms with Crippen molar-refractivity contribution in [3.63, 3.8) is 0 Å². The van der Waals surface area contributed by atoms with Crippen molar-refractivity contribution in [1.82, 2.24) is 10.2 Å². The van der Waals surface area contributed by atoms with Crippen LogP contribution in [-0.2, 0) is 17.9 Å². The van der Waals surface area contributed by atoms with Gasteiger partial charge < -0.3 is 14.8 Å². The molecule has 2 aromatic rings. The predicted molar refractivity (Wildman–Crippen MR) is 128 cm³/mol. The summed E-state index contributed by atoms with van der Waals surface area (Å²) in [5.41, 5.74) is 3.64. The van der Waals surface area contributed by atoms with Crippen LogP contribution < -0.4 is 10.1 Å². The second-order valence-electron chi connectivity index (χ2n) is 7.01. The van der Waals surface area contributed by atoms with Gasteiger partial charge in [-0.1, -0.05) is 45.8 Å². The molecule has 0 amide bonds. The topological polar surface area (TPSA) is 33.7 Å². The Kier molecular flexibility index (Phi) is 12.9. The average molecular weight is 506 g/mol. The van der Waals surface area contributed by atoms with Gasteiger partial charge >= 0.3 is 0 Å². The Hall–Kier alpha value is -0.820. The highest BCUT2D eigenvalue weighted by atomic mass is 79.9. The number of nitrogens with one attached hydrogen (secondary N) is 1. The van der Waals surface area contributed by atoms with Crippen LogP contribution in [0.3, 0.4) is 0 Å². The first-order chi connectivity index (χ1) is 13.2. The van der Waals surface area contributed by atoms with Gasteiger partial charge in [0.25, 0.3) is 0 Å². The Balaban J connectivity index is 0.00000210. The van der Waals surface area contributed by atoms with Crippen LogP contribution in [0.5, 0.6) is 5.75 Å². The van der Waals surface area contributed by atoms with Crippen molar-refractivity contribution in [2.24, 2.45) is 0 Å². The van der Waals surface area contributed by atoms with Crippen LogP contribution in [0.2, 0.25) is 0 Å². The highest BCUT2D eigenvalue weighted by Crippen LogP contribution is 2.24. The summed E-state index contributed by atoms with van der Waals surface area (Å²) in [6.07, 6.45) is 1.15. The number of hydrogen-bond donors (Lipinski definition) is 1. The number of halogens is 3. The first-order valence-electron chi connectivity index (χ1n) is 9.68. The van der Waals surface area contributed by atoms with Crippen molar-refractivity contribution < 1.29 is 9.47 Å². The Bertz CT molecular complexity index is 710. The van der Waals surface area contributed by atoms with Crippen LogP contribution >= 0.6 is 40.7 Å². The second-order valence-corrected chi connectivity index (χ2v) is 7.93. The van der Waals surface area contributed by atoms with Crippen molar-refractivity contribution in [2.45, 2.75) is 26.5 Å². The van der Waals surface area contributed by atoms with Crippen LogP contribution in [0.4, 0.5) is 0 Å². The Labute approximate surface area is 195 Å². The lowest BCUT2D eigenvalue weighted by molar-refractivity contribution is 0.0374. The van der Waals surface area contributed by atoms with E-state index in [1.165, 1.54) is 16.7 Å². The maximum Gasteiger partial charge on any atom is 0.124 e. The molecule has 3 rings (SSSR count). The van der Waals surface area contributed by atoms with E-state index in [-0.39, 0.29) is 24.8 Å². The molecule has 1 N–H and O–H groups in total. The highest BCUT2D eigenvalue weighted by Gasteiger charge is 2.09. The fourth-order valence-corrected chi connectivity index (χ4v) is 3.56. The zero-order valence-corrected chi connectivity index (χ0v) is 20.1. The van der Waals surface area contributed by atoms with Crippen LogP contribution in [0.1, 0.15) is 23.1 Å². The smallest absolute Gasteiger partial charge is 0.124 e. The van der Waals surface area contributed by atoms with Gasteiger partial charge in [-0.05, 0) is 50.2 Å². The molecule has 0 unspecified atom stereocenters. The molecule has 1 saturated heterocycles. The highest BCUT2D eigenvalue weighted by molar-refractivity contribution is 9.10. The first kappa shape index (κ1) is 26.2. The summed E-state index contributed by atoms with van der Waals surface area (Å²) < 4.78 is 12.6. The SMILES string of the molecule is Cc1ccc(COc2ccc(Br)cc2CNCCCN2CCOCC2)cc1.Cl.Cl. The van der Waals surface area contributed by atoms with Gasteiger partial charge in [0.2, 0.25) is 0 Å². The third-order valence-corrected chi connectivity index (χ3v) is 5.28. The zero-order chi connectivity index (χ0) is 18.9. The summed E-state index contributed by atoms with van der Waals surface area (Å²) in [5.74, 6) is 0.944. The Morgan fingerprint density at radius 1 is 1.07 bits per heavy atom. The lowest BCUT2D eigenvalue weighted by Crippen LogP contribution is -2.37. The minimum absolute atomic E-state index is 0. The monoisotopic (exact) mass is 504 g/mol. The fourth-order valence-electron chi connectivity index (χ4n) is 3.15. The van der Waals surface area contributed by atoms with Crippen molar-refractivity contribution in [3.05, 3.63) is 63.6 Å². The van der Waals surface area contributed by atoms with Crippen LogP contribution in [0.15, 0.2) is 46.9 Å². The van der Waals surface area contributed by atoms with Gasteiger partial charge in [-0.15, -0.1) is 24.8 Å². The predicted octanol–water partition coefficient (Wildman–Crippen LogP) is 4.99. The average Bonchev–Trinajstić information content (AvgIpc) is 2.69. The van der Waals surface area contributed by atoms with Gasteiger partial charge in [0.05, 0.1) is 13.2 Å². The standard InChI is InChI=1S/C22H29BrN2O2.2ClH/c1-18-3-5-19(6-4-18)17-27-22-8-7-21(23)15-20(22)16-24-9-2-10-25-11-13-26-14-12-25;;/h3-8,15,24H,2,9-14,16-17H2,1H3;2*1H.